The average Bonchev–Trinajstić information content (AvgIpc) is 2.04. The summed E-state index contributed by atoms with van der Waals surface area (Å²) in [5.41, 5.74) is 5.56. The molecule has 0 saturated carbocycles. The number of carbonyl (C=O) groups excluding carboxylic acids is 1. The van der Waals surface area contributed by atoms with Gasteiger partial charge in [-0.3, -0.25) is 4.79 Å². The quantitative estimate of drug-likeness (QED) is 0.831. The second-order valence-corrected chi connectivity index (χ2v) is 3.45. The normalized spacial score (nSPS) is 9.50. The molecule has 0 bridgehead atoms. The maximum atomic E-state index is 10.9. The fourth-order valence-electron chi connectivity index (χ4n) is 0.873. The van der Waals surface area contributed by atoms with Crippen molar-refractivity contribution in [1.82, 2.24) is 0 Å². The Morgan fingerprint density at radius 2 is 2.25 bits per heavy atom. The molecule has 12 heavy (non-hydrogen) atoms. The minimum Gasteiger partial charge on any atom is -0.496 e. The first-order chi connectivity index (χ1) is 5.65. The van der Waals surface area contributed by atoms with Crippen LogP contribution in [0.4, 0.5) is 0 Å². The highest BCUT2D eigenvalue weighted by Crippen LogP contribution is 2.19. The maximum absolute atomic E-state index is 10.9. The highest BCUT2D eigenvalue weighted by molar-refractivity contribution is 14.1. The van der Waals surface area contributed by atoms with Gasteiger partial charge in [0.05, 0.1) is 12.7 Å². The summed E-state index contributed by atoms with van der Waals surface area (Å²) in [6.45, 7) is 0. The van der Waals surface area contributed by atoms with Crippen molar-refractivity contribution in [3.05, 3.63) is 27.3 Å². The van der Waals surface area contributed by atoms with Crippen LogP contribution in [0.5, 0.6) is 5.75 Å². The number of rotatable bonds is 2. The number of amides is 1. The van der Waals surface area contributed by atoms with Gasteiger partial charge >= 0.3 is 0 Å². The summed E-state index contributed by atoms with van der Waals surface area (Å²) in [5.74, 6) is 0.0493. The molecule has 0 atom stereocenters. The van der Waals surface area contributed by atoms with Crippen LogP contribution < -0.4 is 10.5 Å². The summed E-state index contributed by atoms with van der Waals surface area (Å²) < 4.78 is 5.92. The van der Waals surface area contributed by atoms with E-state index in [1.54, 1.807) is 12.1 Å². The highest BCUT2D eigenvalue weighted by Gasteiger charge is 2.07. The van der Waals surface area contributed by atoms with Crippen molar-refractivity contribution in [2.24, 2.45) is 5.73 Å². The topological polar surface area (TPSA) is 52.3 Å². The summed E-state index contributed by atoms with van der Waals surface area (Å²) >= 11 is 2.11. The summed E-state index contributed by atoms with van der Waals surface area (Å²) in [7, 11) is 1.51. The first-order valence-electron chi connectivity index (χ1n) is 3.28. The Morgan fingerprint density at radius 3 is 2.75 bits per heavy atom. The molecule has 0 radical (unpaired) electrons. The van der Waals surface area contributed by atoms with Crippen molar-refractivity contribution in [2.45, 2.75) is 0 Å². The number of carbonyl (C=O) groups is 1. The number of halogens is 1. The highest BCUT2D eigenvalue weighted by atomic mass is 127. The molecule has 1 aromatic carbocycles. The minimum absolute atomic E-state index is 0.421. The lowest BCUT2D eigenvalue weighted by atomic mass is 10.2. The number of nitrogens with two attached hydrogens (primary N) is 1. The Hall–Kier alpha value is -0.780. The van der Waals surface area contributed by atoms with E-state index in [9.17, 15) is 4.79 Å². The predicted molar refractivity (Wildman–Crippen MR) is 54.2 cm³/mol. The Kier molecular flexibility index (Phi) is 2.91. The van der Waals surface area contributed by atoms with Crippen molar-refractivity contribution < 1.29 is 9.53 Å². The molecular formula is C8H8INO2. The van der Waals surface area contributed by atoms with E-state index in [2.05, 4.69) is 22.6 Å². The molecule has 4 heteroatoms. The molecule has 64 valence electrons. The third kappa shape index (κ3) is 1.88. The Morgan fingerprint density at radius 1 is 1.58 bits per heavy atom. The summed E-state index contributed by atoms with van der Waals surface area (Å²) in [6, 6.07) is 5.27. The largest absolute Gasteiger partial charge is 0.496 e. The van der Waals surface area contributed by atoms with Gasteiger partial charge in [-0.25, -0.2) is 0 Å². The fraction of sp³-hybridized carbons (Fsp3) is 0.125. The van der Waals surface area contributed by atoms with Crippen LogP contribution in [0.2, 0.25) is 0 Å². The Balaban J connectivity index is 3.21. The molecule has 0 spiro atoms. The lowest BCUT2D eigenvalue weighted by molar-refractivity contribution is 0.0997. The van der Waals surface area contributed by atoms with Gasteiger partial charge in [0, 0.05) is 3.57 Å². The first-order valence-corrected chi connectivity index (χ1v) is 4.36. The molecule has 0 aliphatic heterocycles. The van der Waals surface area contributed by atoms with Crippen LogP contribution in [-0.2, 0) is 0 Å². The van der Waals surface area contributed by atoms with E-state index < -0.39 is 5.91 Å². The lowest BCUT2D eigenvalue weighted by Gasteiger charge is -2.04. The smallest absolute Gasteiger partial charge is 0.252 e. The van der Waals surface area contributed by atoms with Crippen LogP contribution in [0.3, 0.4) is 0 Å². The molecule has 0 aliphatic rings. The van der Waals surface area contributed by atoms with Crippen LogP contribution in [0.15, 0.2) is 18.2 Å². The molecule has 3 nitrogen and oxygen atoms in total. The standard InChI is InChI=1S/C8H8INO2/c1-12-7-3-2-5(9)4-6(7)8(10)11/h2-4H,1H3,(H2,10,11). The predicted octanol–water partition coefficient (Wildman–Crippen LogP) is 1.40. The number of ether oxygens (including phenoxy) is 1. The first kappa shape index (κ1) is 9.31. The van der Waals surface area contributed by atoms with E-state index in [4.69, 9.17) is 10.5 Å². The molecule has 0 unspecified atom stereocenters. The van der Waals surface area contributed by atoms with Crippen molar-refractivity contribution in [3.8, 4) is 5.75 Å². The Bertz CT molecular complexity index is 312. The van der Waals surface area contributed by atoms with E-state index in [0.29, 0.717) is 11.3 Å². The molecule has 0 aliphatic carbocycles. The van der Waals surface area contributed by atoms with E-state index in [1.807, 2.05) is 6.07 Å². The van der Waals surface area contributed by atoms with Crippen LogP contribution in [-0.4, -0.2) is 13.0 Å². The zero-order chi connectivity index (χ0) is 9.14. The SMILES string of the molecule is COc1ccc(I)cc1C(N)=O. The zero-order valence-corrected chi connectivity index (χ0v) is 8.66. The van der Waals surface area contributed by atoms with Gasteiger partial charge in [-0.2, -0.15) is 0 Å². The third-order valence-corrected chi connectivity index (χ3v) is 2.10. The van der Waals surface area contributed by atoms with Gasteiger partial charge < -0.3 is 10.5 Å². The van der Waals surface area contributed by atoms with Crippen LogP contribution >= 0.6 is 22.6 Å². The van der Waals surface area contributed by atoms with Gasteiger partial charge in [0.15, 0.2) is 0 Å². The lowest BCUT2D eigenvalue weighted by Crippen LogP contribution is -2.12. The van der Waals surface area contributed by atoms with Crippen LogP contribution in [0.25, 0.3) is 0 Å². The van der Waals surface area contributed by atoms with Gasteiger partial charge in [-0.1, -0.05) is 0 Å². The molecule has 0 saturated heterocycles. The minimum atomic E-state index is -0.467. The van der Waals surface area contributed by atoms with Gasteiger partial charge in [-0.05, 0) is 40.8 Å². The third-order valence-electron chi connectivity index (χ3n) is 1.43. The maximum Gasteiger partial charge on any atom is 0.252 e. The number of methoxy groups -OCH3 is 1. The van der Waals surface area contributed by atoms with Crippen LogP contribution in [0.1, 0.15) is 10.4 Å². The molecule has 1 amide bonds. The molecule has 0 heterocycles. The molecule has 0 fully saturated rings. The van der Waals surface area contributed by atoms with Crippen molar-refractivity contribution in [3.63, 3.8) is 0 Å². The summed E-state index contributed by atoms with van der Waals surface area (Å²) in [5, 5.41) is 0. The number of benzene rings is 1. The fourth-order valence-corrected chi connectivity index (χ4v) is 1.36. The second-order valence-electron chi connectivity index (χ2n) is 2.21. The summed E-state index contributed by atoms with van der Waals surface area (Å²) in [6.07, 6.45) is 0. The number of hydrogen-bond donors (Lipinski definition) is 1. The molecule has 0 aromatic heterocycles. The van der Waals surface area contributed by atoms with Crippen LogP contribution in [0, 0.1) is 3.57 Å². The van der Waals surface area contributed by atoms with E-state index >= 15 is 0 Å². The van der Waals surface area contributed by atoms with Gasteiger partial charge in [0.2, 0.25) is 0 Å². The monoisotopic (exact) mass is 277 g/mol. The zero-order valence-electron chi connectivity index (χ0n) is 6.50. The molecule has 1 rings (SSSR count). The molecule has 2 N–H and O–H groups in total. The Labute approximate surface area is 84.0 Å². The summed E-state index contributed by atoms with van der Waals surface area (Å²) in [4.78, 5) is 10.9. The number of hydrogen-bond acceptors (Lipinski definition) is 2. The van der Waals surface area contributed by atoms with Crippen molar-refractivity contribution in [1.29, 1.82) is 0 Å². The van der Waals surface area contributed by atoms with E-state index in [-0.39, 0.29) is 0 Å². The second kappa shape index (κ2) is 3.75. The molecule has 1 aromatic rings. The van der Waals surface area contributed by atoms with Gasteiger partial charge in [0.25, 0.3) is 5.91 Å². The average molecular weight is 277 g/mol. The van der Waals surface area contributed by atoms with Crippen molar-refractivity contribution >= 4 is 28.5 Å². The number of primary amides is 1. The van der Waals surface area contributed by atoms with Crippen molar-refractivity contribution in [2.75, 3.05) is 7.11 Å². The van der Waals surface area contributed by atoms with Gasteiger partial charge in [-0.15, -0.1) is 0 Å². The van der Waals surface area contributed by atoms with E-state index in [1.165, 1.54) is 7.11 Å². The molecular weight excluding hydrogens is 269 g/mol. The van der Waals surface area contributed by atoms with Gasteiger partial charge in [0.1, 0.15) is 5.75 Å². The van der Waals surface area contributed by atoms with E-state index in [0.717, 1.165) is 3.57 Å².